The first-order chi connectivity index (χ1) is 15.0. The number of carbonyl (C=O) groups excluding carboxylic acids is 2. The van der Waals surface area contributed by atoms with Crippen molar-refractivity contribution in [1.29, 1.82) is 0 Å². The molecule has 1 aliphatic heterocycles. The number of carbonyl (C=O) groups is 2. The van der Waals surface area contributed by atoms with Gasteiger partial charge in [-0.25, -0.2) is 4.98 Å². The largest absolute Gasteiger partial charge is 0.369 e. The van der Waals surface area contributed by atoms with Crippen LogP contribution >= 0.6 is 0 Å². The highest BCUT2D eigenvalue weighted by molar-refractivity contribution is 6.06. The molecule has 0 spiro atoms. The van der Waals surface area contributed by atoms with E-state index >= 15 is 0 Å². The molecule has 2 heterocycles. The summed E-state index contributed by atoms with van der Waals surface area (Å²) >= 11 is 0. The van der Waals surface area contributed by atoms with E-state index in [1.165, 1.54) is 19.3 Å². The molecule has 4 rings (SSSR count). The average Bonchev–Trinajstić information content (AvgIpc) is 2.78. The molecule has 7 heteroatoms. The van der Waals surface area contributed by atoms with E-state index in [-0.39, 0.29) is 17.9 Å². The molecule has 1 aliphatic carbocycles. The quantitative estimate of drug-likeness (QED) is 0.799. The van der Waals surface area contributed by atoms with Crippen molar-refractivity contribution in [3.05, 3.63) is 41.6 Å². The van der Waals surface area contributed by atoms with Gasteiger partial charge in [0.05, 0.1) is 29.9 Å². The lowest BCUT2D eigenvalue weighted by atomic mass is 9.95. The number of nitrogens with zero attached hydrogens (tertiary/aromatic N) is 3. The SMILES string of the molecule is CN(C)C(=O)c1cc(C2CN(CC(=O)NC3CCCCC3)CCO2)nc2ccccc12. The number of hydrogen-bond acceptors (Lipinski definition) is 5. The number of rotatable bonds is 5. The van der Waals surface area contributed by atoms with Crippen LogP contribution < -0.4 is 5.32 Å². The first-order valence-electron chi connectivity index (χ1n) is 11.3. The summed E-state index contributed by atoms with van der Waals surface area (Å²) in [5.74, 6) is 0.0295. The van der Waals surface area contributed by atoms with Crippen molar-refractivity contribution in [2.45, 2.75) is 44.2 Å². The number of pyridine rings is 1. The van der Waals surface area contributed by atoms with Gasteiger partial charge in [-0.15, -0.1) is 0 Å². The molecule has 1 aromatic heterocycles. The molecule has 1 atom stereocenters. The number of nitrogens with one attached hydrogen (secondary N) is 1. The maximum Gasteiger partial charge on any atom is 0.254 e. The Kier molecular flexibility index (Phi) is 6.83. The molecule has 1 N–H and O–H groups in total. The van der Waals surface area contributed by atoms with Gasteiger partial charge in [-0.3, -0.25) is 14.5 Å². The van der Waals surface area contributed by atoms with Crippen LogP contribution in [0.15, 0.2) is 30.3 Å². The molecule has 166 valence electrons. The Hall–Kier alpha value is -2.51. The predicted molar refractivity (Wildman–Crippen MR) is 120 cm³/mol. The molecular formula is C24H32N4O3. The second-order valence-electron chi connectivity index (χ2n) is 8.81. The molecule has 7 nitrogen and oxygen atoms in total. The van der Waals surface area contributed by atoms with Crippen LogP contribution in [0.3, 0.4) is 0 Å². The van der Waals surface area contributed by atoms with E-state index in [0.29, 0.717) is 37.8 Å². The summed E-state index contributed by atoms with van der Waals surface area (Å²) in [6.45, 7) is 2.20. The monoisotopic (exact) mass is 424 g/mol. The van der Waals surface area contributed by atoms with Crippen LogP contribution in [-0.2, 0) is 9.53 Å². The van der Waals surface area contributed by atoms with Crippen molar-refractivity contribution < 1.29 is 14.3 Å². The number of amides is 2. The van der Waals surface area contributed by atoms with Gasteiger partial charge in [0.15, 0.2) is 0 Å². The van der Waals surface area contributed by atoms with E-state index in [0.717, 1.165) is 29.4 Å². The van der Waals surface area contributed by atoms with Gasteiger partial charge in [-0.2, -0.15) is 0 Å². The Morgan fingerprint density at radius 3 is 2.74 bits per heavy atom. The van der Waals surface area contributed by atoms with Crippen molar-refractivity contribution in [2.24, 2.45) is 0 Å². The first kappa shape index (κ1) is 21.7. The molecule has 31 heavy (non-hydrogen) atoms. The molecule has 1 saturated heterocycles. The zero-order chi connectivity index (χ0) is 21.8. The van der Waals surface area contributed by atoms with Crippen LogP contribution in [0.4, 0.5) is 0 Å². The Morgan fingerprint density at radius 1 is 1.19 bits per heavy atom. The van der Waals surface area contributed by atoms with E-state index in [9.17, 15) is 9.59 Å². The minimum Gasteiger partial charge on any atom is -0.369 e. The molecule has 2 aromatic rings. The number of morpholine rings is 1. The second-order valence-corrected chi connectivity index (χ2v) is 8.81. The summed E-state index contributed by atoms with van der Waals surface area (Å²) in [5.41, 5.74) is 2.14. The van der Waals surface area contributed by atoms with Crippen LogP contribution in [0.25, 0.3) is 10.9 Å². The van der Waals surface area contributed by atoms with Gasteiger partial charge < -0.3 is 15.0 Å². The molecule has 2 aliphatic rings. The van der Waals surface area contributed by atoms with Gasteiger partial charge in [0, 0.05) is 38.6 Å². The Morgan fingerprint density at radius 2 is 1.97 bits per heavy atom. The lowest BCUT2D eigenvalue weighted by Gasteiger charge is -2.33. The predicted octanol–water partition coefficient (Wildman–Crippen LogP) is 2.76. The van der Waals surface area contributed by atoms with Gasteiger partial charge in [-0.1, -0.05) is 37.5 Å². The Balaban J connectivity index is 1.48. The number of ether oxygens (including phenoxy) is 1. The van der Waals surface area contributed by atoms with Crippen LogP contribution in [0, 0.1) is 0 Å². The number of aromatic nitrogens is 1. The van der Waals surface area contributed by atoms with Crippen molar-refractivity contribution in [1.82, 2.24) is 20.1 Å². The second kappa shape index (κ2) is 9.75. The fourth-order valence-corrected chi connectivity index (χ4v) is 4.53. The average molecular weight is 425 g/mol. The van der Waals surface area contributed by atoms with E-state index < -0.39 is 0 Å². The molecule has 0 bridgehead atoms. The van der Waals surface area contributed by atoms with E-state index in [1.54, 1.807) is 19.0 Å². The zero-order valence-corrected chi connectivity index (χ0v) is 18.5. The fourth-order valence-electron chi connectivity index (χ4n) is 4.53. The topological polar surface area (TPSA) is 74.8 Å². The molecule has 2 amide bonds. The van der Waals surface area contributed by atoms with Crippen LogP contribution in [0.1, 0.15) is 54.3 Å². The van der Waals surface area contributed by atoms with E-state index in [2.05, 4.69) is 10.2 Å². The number of fused-ring (bicyclic) bond motifs is 1. The third kappa shape index (κ3) is 5.22. The summed E-state index contributed by atoms with van der Waals surface area (Å²) in [6.07, 6.45) is 5.57. The minimum atomic E-state index is -0.269. The summed E-state index contributed by atoms with van der Waals surface area (Å²) in [5, 5.41) is 4.03. The third-order valence-corrected chi connectivity index (χ3v) is 6.19. The lowest BCUT2D eigenvalue weighted by Crippen LogP contribution is -2.47. The standard InChI is InChI=1S/C24H32N4O3/c1-27(2)24(30)19-14-21(26-20-11-7-6-10-18(19)20)22-15-28(12-13-31-22)16-23(29)25-17-8-4-3-5-9-17/h6-7,10-11,14,17,22H,3-5,8-9,12-13,15-16H2,1-2H3,(H,25,29). The minimum absolute atomic E-state index is 0.0561. The maximum absolute atomic E-state index is 12.8. The first-order valence-corrected chi connectivity index (χ1v) is 11.3. The van der Waals surface area contributed by atoms with Crippen LogP contribution in [0.5, 0.6) is 0 Å². The normalized spacial score (nSPS) is 20.5. The van der Waals surface area contributed by atoms with Crippen molar-refractivity contribution >= 4 is 22.7 Å². The highest BCUT2D eigenvalue weighted by Gasteiger charge is 2.27. The highest BCUT2D eigenvalue weighted by Crippen LogP contribution is 2.26. The van der Waals surface area contributed by atoms with Crippen LogP contribution in [0.2, 0.25) is 0 Å². The summed E-state index contributed by atoms with van der Waals surface area (Å²) < 4.78 is 6.01. The van der Waals surface area contributed by atoms with Gasteiger partial charge in [0.1, 0.15) is 6.10 Å². The summed E-state index contributed by atoms with van der Waals surface area (Å²) in [6, 6.07) is 9.85. The van der Waals surface area contributed by atoms with E-state index in [1.807, 2.05) is 30.3 Å². The lowest BCUT2D eigenvalue weighted by molar-refractivity contribution is -0.125. The Bertz CT molecular complexity index is 940. The maximum atomic E-state index is 12.8. The summed E-state index contributed by atoms with van der Waals surface area (Å²) in [7, 11) is 3.50. The molecule has 1 saturated carbocycles. The highest BCUT2D eigenvalue weighted by atomic mass is 16.5. The van der Waals surface area contributed by atoms with Gasteiger partial charge in [0.25, 0.3) is 5.91 Å². The fraction of sp³-hybridized carbons (Fsp3) is 0.542. The number of hydrogen-bond donors (Lipinski definition) is 1. The van der Waals surface area contributed by atoms with Crippen LogP contribution in [-0.4, -0.2) is 73.0 Å². The van der Waals surface area contributed by atoms with Crippen molar-refractivity contribution in [3.63, 3.8) is 0 Å². The number of benzene rings is 1. The molecular weight excluding hydrogens is 392 g/mol. The van der Waals surface area contributed by atoms with Gasteiger partial charge in [-0.05, 0) is 25.0 Å². The Labute approximate surface area is 183 Å². The van der Waals surface area contributed by atoms with E-state index in [4.69, 9.17) is 9.72 Å². The van der Waals surface area contributed by atoms with Crippen molar-refractivity contribution in [2.75, 3.05) is 40.3 Å². The molecule has 1 aromatic carbocycles. The van der Waals surface area contributed by atoms with Gasteiger partial charge in [0.2, 0.25) is 5.91 Å². The third-order valence-electron chi connectivity index (χ3n) is 6.19. The molecule has 0 radical (unpaired) electrons. The molecule has 2 fully saturated rings. The molecule has 1 unspecified atom stereocenters. The zero-order valence-electron chi connectivity index (χ0n) is 18.5. The van der Waals surface area contributed by atoms with Crippen molar-refractivity contribution in [3.8, 4) is 0 Å². The summed E-state index contributed by atoms with van der Waals surface area (Å²) in [4.78, 5) is 33.8. The smallest absolute Gasteiger partial charge is 0.254 e. The number of para-hydroxylation sites is 1. The van der Waals surface area contributed by atoms with Gasteiger partial charge >= 0.3 is 0 Å².